The van der Waals surface area contributed by atoms with Gasteiger partial charge in [0.05, 0.1) is 6.08 Å². The number of carboxylic acid groups (broad SMARTS) is 1. The number of carbonyl (C=O) groups is 2. The Morgan fingerprint density at radius 3 is 2.50 bits per heavy atom. The van der Waals surface area contributed by atoms with Crippen LogP contribution in [-0.2, 0) is 16.1 Å². The molecule has 0 aromatic heterocycles. The Kier molecular flexibility index (Phi) is 4.91. The van der Waals surface area contributed by atoms with Crippen LogP contribution < -0.4 is 0 Å². The highest BCUT2D eigenvalue weighted by Crippen LogP contribution is 2.17. The molecule has 1 aromatic carbocycles. The van der Waals surface area contributed by atoms with E-state index in [2.05, 4.69) is 15.9 Å². The summed E-state index contributed by atoms with van der Waals surface area (Å²) in [5.41, 5.74) is 0.886. The molecule has 0 fully saturated rings. The fourth-order valence-electron chi connectivity index (χ4n) is 1.25. The van der Waals surface area contributed by atoms with E-state index in [0.29, 0.717) is 12.6 Å². The summed E-state index contributed by atoms with van der Waals surface area (Å²) >= 11 is 3.35. The standard InChI is InChI=1S/C12H12BrNO4/c1-14(11(16)6-10(15)12(17)18)7-8-4-2-3-5-9(8)13/h2-6,15H,7H2,1H3,(H,17,18)/b10-6-. The summed E-state index contributed by atoms with van der Waals surface area (Å²) < 4.78 is 0.857. The third-order valence-electron chi connectivity index (χ3n) is 2.22. The molecule has 1 amide bonds. The predicted octanol–water partition coefficient (Wildman–Crippen LogP) is 1.93. The number of aliphatic carboxylic acids is 1. The molecule has 0 saturated heterocycles. The number of carboxylic acids is 1. The number of halogens is 1. The largest absolute Gasteiger partial charge is 0.502 e. The van der Waals surface area contributed by atoms with Gasteiger partial charge in [0.15, 0.2) is 0 Å². The van der Waals surface area contributed by atoms with Crippen LogP contribution in [0.3, 0.4) is 0 Å². The highest BCUT2D eigenvalue weighted by Gasteiger charge is 2.12. The topological polar surface area (TPSA) is 77.8 Å². The number of aliphatic hydroxyl groups excluding tert-OH is 1. The van der Waals surface area contributed by atoms with E-state index in [1.165, 1.54) is 11.9 Å². The Morgan fingerprint density at radius 2 is 1.94 bits per heavy atom. The van der Waals surface area contributed by atoms with E-state index in [4.69, 9.17) is 10.2 Å². The van der Waals surface area contributed by atoms with Gasteiger partial charge in [0, 0.05) is 18.1 Å². The minimum Gasteiger partial charge on any atom is -0.502 e. The molecule has 6 heteroatoms. The second-order valence-corrected chi connectivity index (χ2v) is 4.47. The van der Waals surface area contributed by atoms with Gasteiger partial charge in [-0.2, -0.15) is 0 Å². The quantitative estimate of drug-likeness (QED) is 0.657. The SMILES string of the molecule is CN(Cc1ccccc1Br)C(=O)/C=C(\O)C(=O)O. The fraction of sp³-hybridized carbons (Fsp3) is 0.167. The number of likely N-dealkylation sites (N-methyl/N-ethyl adjacent to an activating group) is 1. The Morgan fingerprint density at radius 1 is 1.33 bits per heavy atom. The Bertz CT molecular complexity index is 499. The van der Waals surface area contributed by atoms with Crippen molar-refractivity contribution in [1.29, 1.82) is 0 Å². The van der Waals surface area contributed by atoms with Gasteiger partial charge in [-0.15, -0.1) is 0 Å². The molecule has 96 valence electrons. The number of nitrogens with zero attached hydrogens (tertiary/aromatic N) is 1. The van der Waals surface area contributed by atoms with Crippen molar-refractivity contribution in [2.75, 3.05) is 7.05 Å². The highest BCUT2D eigenvalue weighted by atomic mass is 79.9. The molecule has 0 aliphatic carbocycles. The number of aliphatic hydroxyl groups is 1. The van der Waals surface area contributed by atoms with E-state index in [1.54, 1.807) is 0 Å². The van der Waals surface area contributed by atoms with E-state index in [-0.39, 0.29) is 0 Å². The van der Waals surface area contributed by atoms with Gasteiger partial charge in [-0.3, -0.25) is 4.79 Å². The summed E-state index contributed by atoms with van der Waals surface area (Å²) in [6.07, 6.45) is 0.680. The van der Waals surface area contributed by atoms with Crippen LogP contribution in [0.2, 0.25) is 0 Å². The van der Waals surface area contributed by atoms with Crippen LogP contribution in [0.5, 0.6) is 0 Å². The van der Waals surface area contributed by atoms with E-state index < -0.39 is 17.6 Å². The van der Waals surface area contributed by atoms with Crippen molar-refractivity contribution in [3.63, 3.8) is 0 Å². The van der Waals surface area contributed by atoms with Gasteiger partial charge in [-0.25, -0.2) is 4.79 Å². The maximum atomic E-state index is 11.6. The normalized spacial score (nSPS) is 11.1. The summed E-state index contributed by atoms with van der Waals surface area (Å²) in [5.74, 6) is -3.08. The third kappa shape index (κ3) is 3.89. The van der Waals surface area contributed by atoms with Crippen LogP contribution in [0.15, 0.2) is 40.6 Å². The average molecular weight is 314 g/mol. The third-order valence-corrected chi connectivity index (χ3v) is 2.99. The van der Waals surface area contributed by atoms with Gasteiger partial charge in [0.1, 0.15) is 0 Å². The predicted molar refractivity (Wildman–Crippen MR) is 69.0 cm³/mol. The molecular formula is C12H12BrNO4. The molecule has 1 aromatic rings. The van der Waals surface area contributed by atoms with Crippen LogP contribution in [-0.4, -0.2) is 34.0 Å². The number of hydrogen-bond acceptors (Lipinski definition) is 3. The maximum Gasteiger partial charge on any atom is 0.371 e. The first kappa shape index (κ1) is 14.2. The molecule has 0 bridgehead atoms. The summed E-state index contributed by atoms with van der Waals surface area (Å²) in [6, 6.07) is 7.38. The Hall–Kier alpha value is -1.82. The van der Waals surface area contributed by atoms with Gasteiger partial charge >= 0.3 is 5.97 Å². The van der Waals surface area contributed by atoms with E-state index in [9.17, 15) is 9.59 Å². The highest BCUT2D eigenvalue weighted by molar-refractivity contribution is 9.10. The molecule has 0 saturated carbocycles. The van der Waals surface area contributed by atoms with E-state index >= 15 is 0 Å². The minimum absolute atomic E-state index is 0.309. The molecule has 0 aliphatic heterocycles. The van der Waals surface area contributed by atoms with Crippen molar-refractivity contribution in [1.82, 2.24) is 4.90 Å². The molecule has 0 atom stereocenters. The van der Waals surface area contributed by atoms with E-state index in [1.807, 2.05) is 24.3 Å². The molecule has 0 aliphatic rings. The molecule has 0 heterocycles. The first-order valence-corrected chi connectivity index (χ1v) is 5.83. The van der Waals surface area contributed by atoms with Crippen LogP contribution >= 0.6 is 15.9 Å². The second-order valence-electron chi connectivity index (χ2n) is 3.62. The van der Waals surface area contributed by atoms with Gasteiger partial charge in [0.2, 0.25) is 5.76 Å². The molecule has 2 N–H and O–H groups in total. The molecule has 0 spiro atoms. The van der Waals surface area contributed by atoms with Crippen molar-refractivity contribution in [2.45, 2.75) is 6.54 Å². The van der Waals surface area contributed by atoms with Crippen molar-refractivity contribution < 1.29 is 19.8 Å². The first-order valence-electron chi connectivity index (χ1n) is 5.04. The lowest BCUT2D eigenvalue weighted by Gasteiger charge is -2.16. The Labute approximate surface area is 112 Å². The van der Waals surface area contributed by atoms with Crippen molar-refractivity contribution >= 4 is 27.8 Å². The van der Waals surface area contributed by atoms with Gasteiger partial charge in [0.25, 0.3) is 5.91 Å². The van der Waals surface area contributed by atoms with Crippen LogP contribution in [0.25, 0.3) is 0 Å². The van der Waals surface area contributed by atoms with Gasteiger partial charge in [-0.05, 0) is 11.6 Å². The average Bonchev–Trinajstić information content (AvgIpc) is 2.31. The summed E-state index contributed by atoms with van der Waals surface area (Å²) in [6.45, 7) is 0.309. The second kappa shape index (κ2) is 6.20. The van der Waals surface area contributed by atoms with Crippen LogP contribution in [0, 0.1) is 0 Å². The number of amides is 1. The van der Waals surface area contributed by atoms with Gasteiger partial charge < -0.3 is 15.1 Å². The number of benzene rings is 1. The lowest BCUT2D eigenvalue weighted by Crippen LogP contribution is -2.25. The molecule has 0 radical (unpaired) electrons. The smallest absolute Gasteiger partial charge is 0.371 e. The molecule has 1 rings (SSSR count). The zero-order valence-corrected chi connectivity index (χ0v) is 11.2. The van der Waals surface area contributed by atoms with Crippen molar-refractivity contribution in [3.05, 3.63) is 46.1 Å². The first-order chi connectivity index (χ1) is 8.41. The monoisotopic (exact) mass is 313 g/mol. The van der Waals surface area contributed by atoms with Crippen LogP contribution in [0.1, 0.15) is 5.56 Å². The maximum absolute atomic E-state index is 11.6. The lowest BCUT2D eigenvalue weighted by atomic mass is 10.2. The fourth-order valence-corrected chi connectivity index (χ4v) is 1.66. The zero-order chi connectivity index (χ0) is 13.7. The molecule has 5 nitrogen and oxygen atoms in total. The minimum atomic E-state index is -1.53. The number of hydrogen-bond donors (Lipinski definition) is 2. The van der Waals surface area contributed by atoms with Gasteiger partial charge in [-0.1, -0.05) is 34.1 Å². The summed E-state index contributed by atoms with van der Waals surface area (Å²) in [7, 11) is 1.52. The Balaban J connectivity index is 2.75. The molecular weight excluding hydrogens is 302 g/mol. The van der Waals surface area contributed by atoms with E-state index in [0.717, 1.165) is 10.0 Å². The van der Waals surface area contributed by atoms with Crippen molar-refractivity contribution in [3.8, 4) is 0 Å². The zero-order valence-electron chi connectivity index (χ0n) is 9.63. The molecule has 0 unspecified atom stereocenters. The van der Waals surface area contributed by atoms with Crippen LogP contribution in [0.4, 0.5) is 0 Å². The molecule has 18 heavy (non-hydrogen) atoms. The van der Waals surface area contributed by atoms with Crippen molar-refractivity contribution in [2.24, 2.45) is 0 Å². The summed E-state index contributed by atoms with van der Waals surface area (Å²) in [4.78, 5) is 23.3. The number of rotatable bonds is 4. The number of carbonyl (C=O) groups excluding carboxylic acids is 1. The summed E-state index contributed by atoms with van der Waals surface area (Å²) in [5, 5.41) is 17.4. The lowest BCUT2D eigenvalue weighted by molar-refractivity contribution is -0.136.